The molecule has 0 saturated carbocycles. The third-order valence-electron chi connectivity index (χ3n) is 2.73. The van der Waals surface area contributed by atoms with Crippen LogP contribution in [0.5, 0.6) is 0 Å². The molecule has 0 fully saturated rings. The van der Waals surface area contributed by atoms with Gasteiger partial charge in [0.1, 0.15) is 6.20 Å². The molecular formula is C11H11BrN4O2. The van der Waals surface area contributed by atoms with E-state index in [1.165, 1.54) is 10.9 Å². The Labute approximate surface area is 112 Å². The summed E-state index contributed by atoms with van der Waals surface area (Å²) < 4.78 is 2.35. The van der Waals surface area contributed by atoms with Gasteiger partial charge >= 0.3 is 5.69 Å². The number of nitrogens with zero attached hydrogens (tertiary/aromatic N) is 3. The number of nitro groups is 1. The van der Waals surface area contributed by atoms with E-state index < -0.39 is 4.92 Å². The highest BCUT2D eigenvalue weighted by molar-refractivity contribution is 9.10. The van der Waals surface area contributed by atoms with Gasteiger partial charge in [0.2, 0.25) is 5.82 Å². The second kappa shape index (κ2) is 4.77. The number of nitrogens with two attached hydrogens (primary N) is 1. The Bertz CT molecular complexity index is 596. The number of benzene rings is 1. The Morgan fingerprint density at radius 1 is 1.50 bits per heavy atom. The fourth-order valence-corrected chi connectivity index (χ4v) is 2.37. The Morgan fingerprint density at radius 2 is 2.17 bits per heavy atom. The lowest BCUT2D eigenvalue weighted by molar-refractivity contribution is -0.384. The standard InChI is InChI=1S/C11H11BrN4O2/c1-7(8-4-2-3-5-9(8)12)15-11(13)10(6-14-15)16(17)18/h2-7H,13H2,1H3. The van der Waals surface area contributed by atoms with E-state index in [0.717, 1.165) is 10.0 Å². The summed E-state index contributed by atoms with van der Waals surface area (Å²) in [7, 11) is 0. The third kappa shape index (κ3) is 2.08. The maximum absolute atomic E-state index is 10.7. The van der Waals surface area contributed by atoms with Gasteiger partial charge in [-0.05, 0) is 18.6 Å². The van der Waals surface area contributed by atoms with E-state index in [1.54, 1.807) is 0 Å². The molecule has 94 valence electrons. The SMILES string of the molecule is CC(c1ccccc1Br)n1ncc([N+](=O)[O-])c1N. The molecule has 1 aromatic heterocycles. The van der Waals surface area contributed by atoms with Gasteiger partial charge in [-0.2, -0.15) is 5.10 Å². The molecule has 1 aromatic carbocycles. The van der Waals surface area contributed by atoms with Gasteiger partial charge in [0, 0.05) is 4.47 Å². The Morgan fingerprint density at radius 3 is 2.72 bits per heavy atom. The summed E-state index contributed by atoms with van der Waals surface area (Å²) in [6.45, 7) is 1.88. The molecule has 0 aliphatic carbocycles. The molecule has 0 aliphatic rings. The van der Waals surface area contributed by atoms with Gasteiger partial charge in [0.15, 0.2) is 0 Å². The molecule has 1 heterocycles. The normalized spacial score (nSPS) is 12.3. The van der Waals surface area contributed by atoms with Crippen LogP contribution in [0.15, 0.2) is 34.9 Å². The van der Waals surface area contributed by atoms with Crippen molar-refractivity contribution in [2.24, 2.45) is 0 Å². The number of hydrogen-bond acceptors (Lipinski definition) is 4. The maximum atomic E-state index is 10.7. The van der Waals surface area contributed by atoms with E-state index in [9.17, 15) is 10.1 Å². The minimum Gasteiger partial charge on any atom is -0.378 e. The molecule has 6 nitrogen and oxygen atoms in total. The second-order valence-corrected chi connectivity index (χ2v) is 4.67. The van der Waals surface area contributed by atoms with E-state index in [-0.39, 0.29) is 17.5 Å². The van der Waals surface area contributed by atoms with Crippen LogP contribution in [0.3, 0.4) is 0 Å². The lowest BCUT2D eigenvalue weighted by Gasteiger charge is -2.15. The van der Waals surface area contributed by atoms with Gasteiger partial charge in [0.25, 0.3) is 0 Å². The monoisotopic (exact) mass is 310 g/mol. The van der Waals surface area contributed by atoms with Crippen LogP contribution in [0, 0.1) is 10.1 Å². The van der Waals surface area contributed by atoms with Crippen molar-refractivity contribution in [1.82, 2.24) is 9.78 Å². The molecular weight excluding hydrogens is 300 g/mol. The Kier molecular flexibility index (Phi) is 3.33. The lowest BCUT2D eigenvalue weighted by Crippen LogP contribution is -2.12. The topological polar surface area (TPSA) is 87.0 Å². The van der Waals surface area contributed by atoms with E-state index in [1.807, 2.05) is 31.2 Å². The predicted molar refractivity (Wildman–Crippen MR) is 71.2 cm³/mol. The van der Waals surface area contributed by atoms with E-state index in [2.05, 4.69) is 21.0 Å². The zero-order valence-electron chi connectivity index (χ0n) is 9.58. The van der Waals surface area contributed by atoms with Crippen molar-refractivity contribution in [3.63, 3.8) is 0 Å². The molecule has 1 unspecified atom stereocenters. The number of aromatic nitrogens is 2. The van der Waals surface area contributed by atoms with Crippen LogP contribution in [0.25, 0.3) is 0 Å². The first-order valence-electron chi connectivity index (χ1n) is 5.24. The van der Waals surface area contributed by atoms with Crippen molar-refractivity contribution in [3.05, 3.63) is 50.6 Å². The summed E-state index contributed by atoms with van der Waals surface area (Å²) in [5.74, 6) is 0.0586. The number of anilines is 1. The highest BCUT2D eigenvalue weighted by atomic mass is 79.9. The van der Waals surface area contributed by atoms with Crippen LogP contribution < -0.4 is 5.73 Å². The highest BCUT2D eigenvalue weighted by Gasteiger charge is 2.22. The number of halogens is 1. The molecule has 0 radical (unpaired) electrons. The van der Waals surface area contributed by atoms with Gasteiger partial charge in [-0.25, -0.2) is 4.68 Å². The highest BCUT2D eigenvalue weighted by Crippen LogP contribution is 2.30. The minimum atomic E-state index is -0.536. The summed E-state index contributed by atoms with van der Waals surface area (Å²) in [6.07, 6.45) is 1.17. The van der Waals surface area contributed by atoms with Gasteiger partial charge in [-0.15, -0.1) is 0 Å². The molecule has 2 rings (SSSR count). The van der Waals surface area contributed by atoms with E-state index in [4.69, 9.17) is 5.73 Å². The fraction of sp³-hybridized carbons (Fsp3) is 0.182. The van der Waals surface area contributed by atoms with Crippen molar-refractivity contribution in [3.8, 4) is 0 Å². The maximum Gasteiger partial charge on any atom is 0.330 e. The average Bonchev–Trinajstić information content (AvgIpc) is 2.71. The van der Waals surface area contributed by atoms with Gasteiger partial charge < -0.3 is 5.73 Å². The molecule has 7 heteroatoms. The zero-order chi connectivity index (χ0) is 13.3. The van der Waals surface area contributed by atoms with E-state index >= 15 is 0 Å². The van der Waals surface area contributed by atoms with Crippen LogP contribution >= 0.6 is 15.9 Å². The summed E-state index contributed by atoms with van der Waals surface area (Å²) in [5, 5.41) is 14.7. The van der Waals surface area contributed by atoms with Crippen molar-refractivity contribution < 1.29 is 4.92 Å². The molecule has 0 amide bonds. The van der Waals surface area contributed by atoms with Crippen molar-refractivity contribution in [2.75, 3.05) is 5.73 Å². The van der Waals surface area contributed by atoms with Gasteiger partial charge in [-0.1, -0.05) is 34.1 Å². The van der Waals surface area contributed by atoms with Crippen LogP contribution in [0.2, 0.25) is 0 Å². The van der Waals surface area contributed by atoms with Crippen LogP contribution in [-0.2, 0) is 0 Å². The van der Waals surface area contributed by atoms with Crippen LogP contribution in [0.1, 0.15) is 18.5 Å². The Balaban J connectivity index is 2.44. The minimum absolute atomic E-state index is 0.0586. The third-order valence-corrected chi connectivity index (χ3v) is 3.45. The molecule has 18 heavy (non-hydrogen) atoms. The predicted octanol–water partition coefficient (Wildman–Crippen LogP) is 2.75. The fourth-order valence-electron chi connectivity index (χ4n) is 1.76. The van der Waals surface area contributed by atoms with Crippen LogP contribution in [0.4, 0.5) is 11.5 Å². The van der Waals surface area contributed by atoms with Gasteiger partial charge in [-0.3, -0.25) is 10.1 Å². The van der Waals surface area contributed by atoms with Crippen molar-refractivity contribution in [2.45, 2.75) is 13.0 Å². The van der Waals surface area contributed by atoms with Crippen molar-refractivity contribution in [1.29, 1.82) is 0 Å². The molecule has 1 atom stereocenters. The first-order valence-corrected chi connectivity index (χ1v) is 6.03. The van der Waals surface area contributed by atoms with E-state index in [0.29, 0.717) is 0 Å². The molecule has 0 saturated heterocycles. The summed E-state index contributed by atoms with van der Waals surface area (Å²) >= 11 is 3.44. The summed E-state index contributed by atoms with van der Waals surface area (Å²) in [4.78, 5) is 10.2. The first-order chi connectivity index (χ1) is 8.52. The van der Waals surface area contributed by atoms with Crippen LogP contribution in [-0.4, -0.2) is 14.7 Å². The average molecular weight is 311 g/mol. The molecule has 2 aromatic rings. The Hall–Kier alpha value is -1.89. The smallest absolute Gasteiger partial charge is 0.330 e. The summed E-state index contributed by atoms with van der Waals surface area (Å²) in [6, 6.07) is 7.43. The second-order valence-electron chi connectivity index (χ2n) is 3.81. The largest absolute Gasteiger partial charge is 0.378 e. The quantitative estimate of drug-likeness (QED) is 0.697. The molecule has 0 spiro atoms. The van der Waals surface area contributed by atoms with Crippen molar-refractivity contribution >= 4 is 27.4 Å². The number of hydrogen-bond donors (Lipinski definition) is 1. The zero-order valence-corrected chi connectivity index (χ0v) is 11.2. The number of rotatable bonds is 3. The molecule has 0 bridgehead atoms. The summed E-state index contributed by atoms with van der Waals surface area (Å²) in [5.41, 5.74) is 6.52. The number of nitrogen functional groups attached to an aromatic ring is 1. The molecule has 0 aliphatic heterocycles. The van der Waals surface area contributed by atoms with Gasteiger partial charge in [0.05, 0.1) is 11.0 Å². The molecule has 2 N–H and O–H groups in total. The first kappa shape index (κ1) is 12.6. The lowest BCUT2D eigenvalue weighted by atomic mass is 10.1.